The van der Waals surface area contributed by atoms with Crippen LogP contribution in [0.1, 0.15) is 58.8 Å². The first-order chi connectivity index (χ1) is 15.8. The lowest BCUT2D eigenvalue weighted by Crippen LogP contribution is -2.68. The number of esters is 3. The molecule has 4 bridgehead atoms. The molecule has 0 aromatic heterocycles. The molecule has 4 aliphatic rings. The monoisotopic (exact) mass is 518 g/mol. The van der Waals surface area contributed by atoms with Gasteiger partial charge < -0.3 is 14.2 Å². The Labute approximate surface area is 196 Å². The molecule has 198 valence electrons. The van der Waals surface area contributed by atoms with Crippen LogP contribution in [-0.4, -0.2) is 47.3 Å². The minimum atomic E-state index is -5.42. The van der Waals surface area contributed by atoms with Gasteiger partial charge in [-0.2, -0.15) is 22.0 Å². The first kappa shape index (κ1) is 27.3. The van der Waals surface area contributed by atoms with Crippen LogP contribution in [0.5, 0.6) is 0 Å². The van der Waals surface area contributed by atoms with Crippen molar-refractivity contribution < 1.29 is 59.3 Å². The van der Waals surface area contributed by atoms with Crippen LogP contribution in [0.15, 0.2) is 12.2 Å². The standard InChI is InChI=1S/C22H25F7O6/c1-11(2)16(31)34-19-6-12-4-13(7-19)22(14(5-12)8-19,33-15(30)9-18(3,23)24)35-17(32)20(25,26)10-21(27,28)29/h12-14H,1,4-10H2,2-3H3. The molecule has 35 heavy (non-hydrogen) atoms. The van der Waals surface area contributed by atoms with Crippen molar-refractivity contribution in [2.75, 3.05) is 0 Å². The lowest BCUT2D eigenvalue weighted by Gasteiger charge is -2.62. The molecule has 13 heteroatoms. The molecule has 0 aliphatic heterocycles. The summed E-state index contributed by atoms with van der Waals surface area (Å²) in [6.07, 6.45) is -9.30. The zero-order valence-corrected chi connectivity index (χ0v) is 19.0. The van der Waals surface area contributed by atoms with E-state index in [4.69, 9.17) is 14.2 Å². The molecule has 0 heterocycles. The van der Waals surface area contributed by atoms with E-state index in [2.05, 4.69) is 6.58 Å². The van der Waals surface area contributed by atoms with E-state index < -0.39 is 72.0 Å². The van der Waals surface area contributed by atoms with Gasteiger partial charge in [0.05, 0.1) is 0 Å². The summed E-state index contributed by atoms with van der Waals surface area (Å²) in [5, 5.41) is 0. The zero-order valence-electron chi connectivity index (χ0n) is 19.0. The normalized spacial score (nSPS) is 32.2. The SMILES string of the molecule is C=C(C)C(=O)OC12CC3CC(C1)C(OC(=O)CC(C)(F)F)(OC(=O)C(F)(F)CC(F)(F)F)C(C3)C2. The van der Waals surface area contributed by atoms with Crippen molar-refractivity contribution in [3.8, 4) is 0 Å². The average Bonchev–Trinajstić information content (AvgIpc) is 2.61. The number of carbonyl (C=O) groups is 3. The van der Waals surface area contributed by atoms with Crippen molar-refractivity contribution in [1.82, 2.24) is 0 Å². The Bertz CT molecular complexity index is 891. The van der Waals surface area contributed by atoms with Gasteiger partial charge in [0.15, 0.2) is 0 Å². The van der Waals surface area contributed by atoms with Crippen LogP contribution in [0.2, 0.25) is 0 Å². The molecule has 2 atom stereocenters. The quantitative estimate of drug-likeness (QED) is 0.193. The van der Waals surface area contributed by atoms with Crippen molar-refractivity contribution in [3.05, 3.63) is 12.2 Å². The maximum Gasteiger partial charge on any atom is 0.395 e. The molecule has 4 rings (SSSR count). The van der Waals surface area contributed by atoms with E-state index in [9.17, 15) is 45.1 Å². The molecule has 0 saturated heterocycles. The number of alkyl halides is 7. The van der Waals surface area contributed by atoms with Gasteiger partial charge in [-0.3, -0.25) is 4.79 Å². The van der Waals surface area contributed by atoms with E-state index >= 15 is 0 Å². The topological polar surface area (TPSA) is 78.9 Å². The highest BCUT2D eigenvalue weighted by Crippen LogP contribution is 2.63. The van der Waals surface area contributed by atoms with Gasteiger partial charge in [-0.05, 0) is 51.9 Å². The van der Waals surface area contributed by atoms with E-state index in [0.29, 0.717) is 13.3 Å². The summed E-state index contributed by atoms with van der Waals surface area (Å²) in [6, 6.07) is 0. The fraction of sp³-hybridized carbons (Fsp3) is 0.773. The van der Waals surface area contributed by atoms with E-state index in [0.717, 1.165) is 0 Å². The molecule has 0 aromatic carbocycles. The summed E-state index contributed by atoms with van der Waals surface area (Å²) in [5.41, 5.74) is -1.04. The molecule has 0 radical (unpaired) electrons. The lowest BCUT2D eigenvalue weighted by molar-refractivity contribution is -0.336. The Morgan fingerprint density at radius 1 is 0.914 bits per heavy atom. The van der Waals surface area contributed by atoms with Gasteiger partial charge in [0.1, 0.15) is 18.4 Å². The maximum absolute atomic E-state index is 14.1. The number of ether oxygens (including phenoxy) is 3. The molecule has 0 spiro atoms. The summed E-state index contributed by atoms with van der Waals surface area (Å²) >= 11 is 0. The minimum Gasteiger partial charge on any atom is -0.456 e. The third kappa shape index (κ3) is 5.91. The van der Waals surface area contributed by atoms with Gasteiger partial charge in [-0.1, -0.05) is 6.58 Å². The Kier molecular flexibility index (Phi) is 6.73. The van der Waals surface area contributed by atoms with Crippen LogP contribution >= 0.6 is 0 Å². The molecule has 0 aromatic rings. The summed E-state index contributed by atoms with van der Waals surface area (Å²) in [7, 11) is 0. The van der Waals surface area contributed by atoms with E-state index in [1.807, 2.05) is 0 Å². The third-order valence-corrected chi connectivity index (χ3v) is 6.63. The Hall–Kier alpha value is -2.34. The highest BCUT2D eigenvalue weighted by Gasteiger charge is 2.69. The number of hydrogen-bond donors (Lipinski definition) is 0. The van der Waals surface area contributed by atoms with Crippen molar-refractivity contribution in [2.24, 2.45) is 17.8 Å². The van der Waals surface area contributed by atoms with Gasteiger partial charge in [-0.15, -0.1) is 0 Å². The number of carbonyl (C=O) groups excluding carboxylic acids is 3. The van der Waals surface area contributed by atoms with Crippen molar-refractivity contribution in [3.63, 3.8) is 0 Å². The van der Waals surface area contributed by atoms with Crippen LogP contribution in [-0.2, 0) is 28.6 Å². The molecule has 4 saturated carbocycles. The number of rotatable bonds is 8. The fourth-order valence-electron chi connectivity index (χ4n) is 5.63. The molecule has 2 unspecified atom stereocenters. The van der Waals surface area contributed by atoms with E-state index in [-0.39, 0.29) is 37.2 Å². The van der Waals surface area contributed by atoms with Gasteiger partial charge in [0.25, 0.3) is 11.7 Å². The lowest BCUT2D eigenvalue weighted by atomic mass is 9.51. The molecule has 6 nitrogen and oxygen atoms in total. The van der Waals surface area contributed by atoms with Crippen LogP contribution in [0, 0.1) is 17.8 Å². The molecular formula is C22H25F7O6. The zero-order chi connectivity index (χ0) is 26.6. The summed E-state index contributed by atoms with van der Waals surface area (Å²) < 4.78 is 108. The van der Waals surface area contributed by atoms with Gasteiger partial charge in [0, 0.05) is 17.4 Å². The summed E-state index contributed by atoms with van der Waals surface area (Å²) in [5.74, 6) is -18.2. The molecule has 0 N–H and O–H groups in total. The van der Waals surface area contributed by atoms with Crippen molar-refractivity contribution >= 4 is 17.9 Å². The summed E-state index contributed by atoms with van der Waals surface area (Å²) in [4.78, 5) is 36.7. The molecule has 0 amide bonds. The number of halogens is 7. The highest BCUT2D eigenvalue weighted by atomic mass is 19.4. The Morgan fingerprint density at radius 2 is 1.46 bits per heavy atom. The van der Waals surface area contributed by atoms with Crippen molar-refractivity contribution in [1.29, 1.82) is 0 Å². The Morgan fingerprint density at radius 3 is 1.91 bits per heavy atom. The smallest absolute Gasteiger partial charge is 0.395 e. The average molecular weight is 518 g/mol. The van der Waals surface area contributed by atoms with Crippen LogP contribution in [0.4, 0.5) is 30.7 Å². The molecule has 4 fully saturated rings. The summed E-state index contributed by atoms with van der Waals surface area (Å²) in [6.45, 7) is 5.31. The second-order valence-electron chi connectivity index (χ2n) is 10.0. The van der Waals surface area contributed by atoms with Crippen LogP contribution < -0.4 is 0 Å². The van der Waals surface area contributed by atoms with Crippen LogP contribution in [0.3, 0.4) is 0 Å². The predicted molar refractivity (Wildman–Crippen MR) is 103 cm³/mol. The maximum atomic E-state index is 14.1. The van der Waals surface area contributed by atoms with Crippen LogP contribution in [0.25, 0.3) is 0 Å². The number of hydrogen-bond acceptors (Lipinski definition) is 6. The molecule has 4 aliphatic carbocycles. The van der Waals surface area contributed by atoms with Crippen molar-refractivity contribution in [2.45, 2.75) is 88.2 Å². The van der Waals surface area contributed by atoms with Gasteiger partial charge in [-0.25, -0.2) is 18.4 Å². The fourth-order valence-corrected chi connectivity index (χ4v) is 5.63. The Balaban J connectivity index is 1.94. The predicted octanol–water partition coefficient (Wildman–Crippen LogP) is 5.10. The minimum absolute atomic E-state index is 0.0850. The third-order valence-electron chi connectivity index (χ3n) is 6.63. The first-order valence-corrected chi connectivity index (χ1v) is 10.9. The second kappa shape index (κ2) is 8.65. The van der Waals surface area contributed by atoms with E-state index in [1.54, 1.807) is 0 Å². The van der Waals surface area contributed by atoms with E-state index in [1.165, 1.54) is 6.92 Å². The molecular weight excluding hydrogens is 493 g/mol. The van der Waals surface area contributed by atoms with Gasteiger partial charge in [0.2, 0.25) is 0 Å². The highest BCUT2D eigenvalue weighted by molar-refractivity contribution is 5.87. The largest absolute Gasteiger partial charge is 0.456 e. The van der Waals surface area contributed by atoms with Gasteiger partial charge >= 0.3 is 30.0 Å². The first-order valence-electron chi connectivity index (χ1n) is 10.9. The second-order valence-corrected chi connectivity index (χ2v) is 10.0.